The second-order valence-electron chi connectivity index (χ2n) is 9.64. The van der Waals surface area contributed by atoms with Gasteiger partial charge in [-0.15, -0.1) is 0 Å². The van der Waals surface area contributed by atoms with Gasteiger partial charge in [0.1, 0.15) is 12.2 Å². The molecular formula is C28H37NO6. The van der Waals surface area contributed by atoms with Crippen LogP contribution >= 0.6 is 0 Å². The molecule has 0 radical (unpaired) electrons. The quantitative estimate of drug-likeness (QED) is 0.312. The minimum atomic E-state index is -0.514. The molecule has 0 heterocycles. The molecule has 0 aliphatic heterocycles. The molecule has 7 nitrogen and oxygen atoms in total. The number of ether oxygens (including phenoxy) is 4. The number of benzene rings is 2. The number of carbonyl (C=O) groups excluding carboxylic acids is 2. The molecule has 35 heavy (non-hydrogen) atoms. The third-order valence-electron chi connectivity index (χ3n) is 5.69. The first-order chi connectivity index (χ1) is 16.8. The van der Waals surface area contributed by atoms with Crippen LogP contribution in [0.25, 0.3) is 11.1 Å². The molecule has 190 valence electrons. The smallest absolute Gasteiger partial charge is 0.410 e. The van der Waals surface area contributed by atoms with Crippen molar-refractivity contribution in [2.45, 2.75) is 45.1 Å². The average molecular weight is 484 g/mol. The summed E-state index contributed by atoms with van der Waals surface area (Å²) in [5, 5.41) is 0. The Balaban J connectivity index is 1.24. The fourth-order valence-electron chi connectivity index (χ4n) is 3.96. The van der Waals surface area contributed by atoms with Gasteiger partial charge in [-0.05, 0) is 49.4 Å². The van der Waals surface area contributed by atoms with E-state index in [4.69, 9.17) is 18.9 Å². The van der Waals surface area contributed by atoms with Gasteiger partial charge in [0.15, 0.2) is 0 Å². The molecule has 0 bridgehead atoms. The summed E-state index contributed by atoms with van der Waals surface area (Å²) in [6.07, 6.45) is 0.542. The van der Waals surface area contributed by atoms with Crippen molar-refractivity contribution >= 4 is 12.1 Å². The molecule has 0 N–H and O–H groups in total. The van der Waals surface area contributed by atoms with Crippen LogP contribution in [0.1, 0.15) is 50.7 Å². The zero-order chi connectivity index (χ0) is 25.3. The van der Waals surface area contributed by atoms with Crippen molar-refractivity contribution in [1.29, 1.82) is 0 Å². The number of hydrogen-bond acceptors (Lipinski definition) is 6. The SMILES string of the molecule is CN(CCOCCOCCCC(=O)OCC1c2ccccc2-c2ccccc21)C(=O)OC(C)(C)C. The minimum absolute atomic E-state index is 0.0779. The highest BCUT2D eigenvalue weighted by Gasteiger charge is 2.28. The van der Waals surface area contributed by atoms with Crippen LogP contribution in [0.4, 0.5) is 4.79 Å². The zero-order valence-corrected chi connectivity index (χ0v) is 21.2. The summed E-state index contributed by atoms with van der Waals surface area (Å²) in [6.45, 7) is 8.01. The minimum Gasteiger partial charge on any atom is -0.465 e. The largest absolute Gasteiger partial charge is 0.465 e. The summed E-state index contributed by atoms with van der Waals surface area (Å²) in [5.41, 5.74) is 4.34. The van der Waals surface area contributed by atoms with Crippen molar-refractivity contribution in [2.75, 3.05) is 46.6 Å². The topological polar surface area (TPSA) is 74.3 Å². The number of nitrogens with zero attached hydrogens (tertiary/aromatic N) is 1. The van der Waals surface area contributed by atoms with Crippen LogP contribution in [0.5, 0.6) is 0 Å². The van der Waals surface area contributed by atoms with E-state index >= 15 is 0 Å². The lowest BCUT2D eigenvalue weighted by atomic mass is 9.98. The van der Waals surface area contributed by atoms with E-state index in [1.54, 1.807) is 7.05 Å². The van der Waals surface area contributed by atoms with E-state index in [1.807, 2.05) is 45.0 Å². The molecule has 7 heteroatoms. The predicted molar refractivity (Wildman–Crippen MR) is 134 cm³/mol. The van der Waals surface area contributed by atoms with E-state index in [2.05, 4.69) is 24.3 Å². The first kappa shape index (κ1) is 26.7. The lowest BCUT2D eigenvalue weighted by Gasteiger charge is -2.24. The molecule has 1 aliphatic carbocycles. The van der Waals surface area contributed by atoms with Gasteiger partial charge in [0.2, 0.25) is 0 Å². The summed E-state index contributed by atoms with van der Waals surface area (Å²) in [7, 11) is 1.68. The Labute approximate surface area is 208 Å². The molecule has 1 aliphatic rings. The molecule has 0 atom stereocenters. The number of hydrogen-bond donors (Lipinski definition) is 0. The summed E-state index contributed by atoms with van der Waals surface area (Å²) >= 11 is 0. The van der Waals surface area contributed by atoms with Crippen LogP contribution < -0.4 is 0 Å². The van der Waals surface area contributed by atoms with Crippen molar-refractivity contribution in [1.82, 2.24) is 4.90 Å². The van der Waals surface area contributed by atoms with E-state index in [9.17, 15) is 9.59 Å². The average Bonchev–Trinajstić information content (AvgIpc) is 3.14. The fraction of sp³-hybridized carbons (Fsp3) is 0.500. The monoisotopic (exact) mass is 483 g/mol. The maximum atomic E-state index is 12.3. The first-order valence-corrected chi connectivity index (χ1v) is 12.2. The van der Waals surface area contributed by atoms with Gasteiger partial charge >= 0.3 is 12.1 Å². The maximum Gasteiger partial charge on any atom is 0.410 e. The summed E-state index contributed by atoms with van der Waals surface area (Å²) in [4.78, 5) is 25.6. The van der Waals surface area contributed by atoms with Gasteiger partial charge in [-0.1, -0.05) is 48.5 Å². The van der Waals surface area contributed by atoms with Crippen molar-refractivity contribution in [3.63, 3.8) is 0 Å². The van der Waals surface area contributed by atoms with Gasteiger partial charge in [0.05, 0.1) is 19.8 Å². The second-order valence-corrected chi connectivity index (χ2v) is 9.64. The van der Waals surface area contributed by atoms with Gasteiger partial charge in [0.25, 0.3) is 0 Å². The number of likely N-dealkylation sites (N-methyl/N-ethyl adjacent to an activating group) is 1. The Morgan fingerprint density at radius 1 is 0.857 bits per heavy atom. The standard InChI is InChI=1S/C28H37NO6/c1-28(2,3)35-27(31)29(4)15-17-33-19-18-32-16-9-14-26(30)34-20-25-23-12-7-5-10-21(23)22-11-6-8-13-24(22)25/h5-8,10-13,25H,9,14-20H2,1-4H3. The third kappa shape index (κ3) is 8.08. The Kier molecular flexibility index (Phi) is 9.69. The number of esters is 1. The Morgan fingerprint density at radius 2 is 1.43 bits per heavy atom. The fourth-order valence-corrected chi connectivity index (χ4v) is 3.96. The van der Waals surface area contributed by atoms with Crippen LogP contribution in [-0.2, 0) is 23.7 Å². The van der Waals surface area contributed by atoms with Gasteiger partial charge in [-0.2, -0.15) is 0 Å². The van der Waals surface area contributed by atoms with Crippen LogP contribution in [0.15, 0.2) is 48.5 Å². The van der Waals surface area contributed by atoms with E-state index < -0.39 is 5.60 Å². The molecule has 0 spiro atoms. The normalized spacial score (nSPS) is 12.7. The number of amides is 1. The Bertz CT molecular complexity index is 938. The van der Waals surface area contributed by atoms with Crippen LogP contribution in [0.2, 0.25) is 0 Å². The predicted octanol–water partition coefficient (Wildman–Crippen LogP) is 5.02. The van der Waals surface area contributed by atoms with E-state index in [1.165, 1.54) is 27.2 Å². The van der Waals surface area contributed by atoms with Gasteiger partial charge < -0.3 is 23.8 Å². The first-order valence-electron chi connectivity index (χ1n) is 12.2. The number of fused-ring (bicyclic) bond motifs is 3. The molecule has 1 amide bonds. The van der Waals surface area contributed by atoms with Gasteiger partial charge in [0, 0.05) is 32.5 Å². The highest BCUT2D eigenvalue weighted by Crippen LogP contribution is 2.44. The third-order valence-corrected chi connectivity index (χ3v) is 5.69. The van der Waals surface area contributed by atoms with Crippen molar-refractivity contribution < 1.29 is 28.5 Å². The van der Waals surface area contributed by atoms with Crippen LogP contribution in [0.3, 0.4) is 0 Å². The van der Waals surface area contributed by atoms with E-state index in [0.29, 0.717) is 52.4 Å². The lowest BCUT2D eigenvalue weighted by Crippen LogP contribution is -2.36. The van der Waals surface area contributed by atoms with E-state index in [-0.39, 0.29) is 18.0 Å². The van der Waals surface area contributed by atoms with Crippen LogP contribution in [0, 0.1) is 0 Å². The zero-order valence-electron chi connectivity index (χ0n) is 21.2. The van der Waals surface area contributed by atoms with Gasteiger partial charge in [-0.3, -0.25) is 4.79 Å². The van der Waals surface area contributed by atoms with Crippen molar-refractivity contribution in [3.8, 4) is 11.1 Å². The Hall–Kier alpha value is -2.90. The second kappa shape index (κ2) is 12.7. The molecular weight excluding hydrogens is 446 g/mol. The molecule has 0 saturated carbocycles. The summed E-state index contributed by atoms with van der Waals surface area (Å²) in [6, 6.07) is 16.6. The molecule has 0 unspecified atom stereocenters. The molecule has 0 fully saturated rings. The molecule has 3 rings (SSSR count). The summed E-state index contributed by atoms with van der Waals surface area (Å²) in [5.74, 6) is -0.133. The summed E-state index contributed by atoms with van der Waals surface area (Å²) < 4.78 is 21.9. The lowest BCUT2D eigenvalue weighted by molar-refractivity contribution is -0.144. The maximum absolute atomic E-state index is 12.3. The molecule has 2 aromatic carbocycles. The van der Waals surface area contributed by atoms with Crippen LogP contribution in [-0.4, -0.2) is 69.2 Å². The van der Waals surface area contributed by atoms with Crippen molar-refractivity contribution in [3.05, 3.63) is 59.7 Å². The number of rotatable bonds is 12. The van der Waals surface area contributed by atoms with E-state index in [0.717, 1.165) is 0 Å². The molecule has 2 aromatic rings. The highest BCUT2D eigenvalue weighted by molar-refractivity contribution is 5.79. The van der Waals surface area contributed by atoms with Crippen molar-refractivity contribution in [2.24, 2.45) is 0 Å². The Morgan fingerprint density at radius 3 is 2.03 bits per heavy atom. The van der Waals surface area contributed by atoms with Gasteiger partial charge in [-0.25, -0.2) is 4.79 Å². The molecule has 0 saturated heterocycles. The number of carbonyl (C=O) groups is 2. The highest BCUT2D eigenvalue weighted by atomic mass is 16.6. The molecule has 0 aromatic heterocycles.